The van der Waals surface area contributed by atoms with Crippen molar-refractivity contribution in [3.63, 3.8) is 0 Å². The van der Waals surface area contributed by atoms with E-state index in [1.807, 2.05) is 25.1 Å². The van der Waals surface area contributed by atoms with E-state index in [2.05, 4.69) is 5.32 Å². The Labute approximate surface area is 151 Å². The molecule has 1 aromatic heterocycles. The highest BCUT2D eigenvalue weighted by Gasteiger charge is 2.33. The number of carbonyl (C=O) groups is 2. The van der Waals surface area contributed by atoms with Crippen molar-refractivity contribution in [3.8, 4) is 0 Å². The van der Waals surface area contributed by atoms with E-state index in [1.54, 1.807) is 17.0 Å². The predicted molar refractivity (Wildman–Crippen MR) is 95.4 cm³/mol. The van der Waals surface area contributed by atoms with Crippen LogP contribution in [-0.4, -0.2) is 29.3 Å². The van der Waals surface area contributed by atoms with Crippen molar-refractivity contribution in [1.82, 2.24) is 10.2 Å². The number of nitrogens with one attached hydrogen (secondary N) is 1. The minimum absolute atomic E-state index is 0.140. The molecule has 0 aliphatic carbocycles. The maximum absolute atomic E-state index is 12.7. The fraction of sp³-hybridized carbons (Fsp3) is 0.368. The van der Waals surface area contributed by atoms with Gasteiger partial charge in [0.15, 0.2) is 5.76 Å². The van der Waals surface area contributed by atoms with Gasteiger partial charge in [0.1, 0.15) is 6.04 Å². The molecule has 1 atom stereocenters. The first-order valence-corrected chi connectivity index (χ1v) is 8.81. The summed E-state index contributed by atoms with van der Waals surface area (Å²) >= 11 is 6.03. The number of aryl methyl sites for hydroxylation is 1. The van der Waals surface area contributed by atoms with Gasteiger partial charge in [-0.3, -0.25) is 9.59 Å². The average molecular weight is 361 g/mol. The number of benzene rings is 1. The van der Waals surface area contributed by atoms with Crippen LogP contribution in [0.1, 0.15) is 40.9 Å². The molecule has 132 valence electrons. The number of hydrogen-bond donors (Lipinski definition) is 1. The van der Waals surface area contributed by atoms with Crippen LogP contribution in [0.2, 0.25) is 5.02 Å². The molecule has 0 unspecified atom stereocenters. The van der Waals surface area contributed by atoms with Gasteiger partial charge in [0.2, 0.25) is 5.91 Å². The zero-order valence-electron chi connectivity index (χ0n) is 14.1. The highest BCUT2D eigenvalue weighted by atomic mass is 35.5. The standard InChI is InChI=1S/C19H21ClN2O3/c1-13-7-8-15(20)11-14(13)12-21-18(23)16-5-2-3-9-22(16)19(24)17-6-4-10-25-17/h4,6-8,10-11,16H,2-3,5,9,12H2,1H3,(H,21,23)/t16-/m0/s1. The number of piperidine rings is 1. The summed E-state index contributed by atoms with van der Waals surface area (Å²) in [6.45, 7) is 2.93. The summed E-state index contributed by atoms with van der Waals surface area (Å²) in [7, 11) is 0. The van der Waals surface area contributed by atoms with Gasteiger partial charge in [0.05, 0.1) is 6.26 Å². The van der Waals surface area contributed by atoms with E-state index in [0.717, 1.165) is 24.0 Å². The fourth-order valence-electron chi connectivity index (χ4n) is 3.12. The molecule has 1 saturated heterocycles. The Balaban J connectivity index is 1.68. The second-order valence-electron chi connectivity index (χ2n) is 6.28. The number of likely N-dealkylation sites (tertiary alicyclic amines) is 1. The highest BCUT2D eigenvalue weighted by Crippen LogP contribution is 2.21. The second kappa shape index (κ2) is 7.74. The molecule has 1 aliphatic rings. The molecule has 3 rings (SSSR count). The quantitative estimate of drug-likeness (QED) is 0.906. The van der Waals surface area contributed by atoms with Gasteiger partial charge in [0, 0.05) is 18.1 Å². The van der Waals surface area contributed by atoms with Crippen LogP contribution in [0.3, 0.4) is 0 Å². The molecule has 1 fully saturated rings. The maximum atomic E-state index is 12.7. The molecule has 1 aliphatic heterocycles. The number of halogens is 1. The lowest BCUT2D eigenvalue weighted by molar-refractivity contribution is -0.126. The minimum Gasteiger partial charge on any atom is -0.459 e. The van der Waals surface area contributed by atoms with Crippen molar-refractivity contribution in [2.75, 3.05) is 6.54 Å². The first-order valence-electron chi connectivity index (χ1n) is 8.43. The van der Waals surface area contributed by atoms with Crippen LogP contribution in [0, 0.1) is 6.92 Å². The van der Waals surface area contributed by atoms with Gasteiger partial charge >= 0.3 is 0 Å². The number of amides is 2. The van der Waals surface area contributed by atoms with Gasteiger partial charge in [-0.1, -0.05) is 17.7 Å². The molecule has 2 heterocycles. The van der Waals surface area contributed by atoms with Crippen molar-refractivity contribution >= 4 is 23.4 Å². The fourth-order valence-corrected chi connectivity index (χ4v) is 3.31. The SMILES string of the molecule is Cc1ccc(Cl)cc1CNC(=O)[C@@H]1CCCCN1C(=O)c1ccco1. The molecule has 0 radical (unpaired) electrons. The topological polar surface area (TPSA) is 62.6 Å². The number of nitrogens with zero attached hydrogens (tertiary/aromatic N) is 1. The summed E-state index contributed by atoms with van der Waals surface area (Å²) in [5.74, 6) is -0.104. The monoisotopic (exact) mass is 360 g/mol. The average Bonchev–Trinajstić information content (AvgIpc) is 3.16. The first-order chi connectivity index (χ1) is 12.1. The Morgan fingerprint density at radius 1 is 1.32 bits per heavy atom. The van der Waals surface area contributed by atoms with Gasteiger partial charge in [-0.15, -0.1) is 0 Å². The lowest BCUT2D eigenvalue weighted by Crippen LogP contribution is -2.51. The Morgan fingerprint density at radius 2 is 2.16 bits per heavy atom. The largest absolute Gasteiger partial charge is 0.459 e. The van der Waals surface area contributed by atoms with Crippen molar-refractivity contribution in [3.05, 3.63) is 58.5 Å². The van der Waals surface area contributed by atoms with E-state index >= 15 is 0 Å². The summed E-state index contributed by atoms with van der Waals surface area (Å²) in [6.07, 6.45) is 3.95. The number of carbonyl (C=O) groups excluding carboxylic acids is 2. The molecular formula is C19H21ClN2O3. The third-order valence-corrected chi connectivity index (χ3v) is 4.80. The molecule has 0 bridgehead atoms. The molecule has 5 nitrogen and oxygen atoms in total. The normalized spacial score (nSPS) is 17.4. The lowest BCUT2D eigenvalue weighted by atomic mass is 10.0. The van der Waals surface area contributed by atoms with Crippen molar-refractivity contribution < 1.29 is 14.0 Å². The van der Waals surface area contributed by atoms with E-state index < -0.39 is 6.04 Å². The number of furan rings is 1. The van der Waals surface area contributed by atoms with Crippen LogP contribution < -0.4 is 5.32 Å². The smallest absolute Gasteiger partial charge is 0.290 e. The Hall–Kier alpha value is -2.27. The summed E-state index contributed by atoms with van der Waals surface area (Å²) in [6, 6.07) is 8.44. The molecule has 1 aromatic carbocycles. The molecule has 1 N–H and O–H groups in total. The van der Waals surface area contributed by atoms with Crippen molar-refractivity contribution in [2.45, 2.75) is 38.8 Å². The number of rotatable bonds is 4. The molecule has 6 heteroatoms. The van der Waals surface area contributed by atoms with E-state index in [0.29, 0.717) is 24.5 Å². The second-order valence-corrected chi connectivity index (χ2v) is 6.71. The maximum Gasteiger partial charge on any atom is 0.290 e. The summed E-state index contributed by atoms with van der Waals surface area (Å²) in [5, 5.41) is 3.59. The summed E-state index contributed by atoms with van der Waals surface area (Å²) in [4.78, 5) is 26.9. The van der Waals surface area contributed by atoms with Gasteiger partial charge in [0.25, 0.3) is 5.91 Å². The van der Waals surface area contributed by atoms with Gasteiger partial charge < -0.3 is 14.6 Å². The van der Waals surface area contributed by atoms with Crippen LogP contribution in [0.5, 0.6) is 0 Å². The Morgan fingerprint density at radius 3 is 2.92 bits per heavy atom. The van der Waals surface area contributed by atoms with Crippen molar-refractivity contribution in [2.24, 2.45) is 0 Å². The molecule has 2 amide bonds. The van der Waals surface area contributed by atoms with E-state index in [9.17, 15) is 9.59 Å². The van der Waals surface area contributed by atoms with Gasteiger partial charge in [-0.05, 0) is 61.6 Å². The predicted octanol–water partition coefficient (Wildman–Crippen LogP) is 3.55. The van der Waals surface area contributed by atoms with Crippen LogP contribution >= 0.6 is 11.6 Å². The zero-order valence-corrected chi connectivity index (χ0v) is 14.9. The zero-order chi connectivity index (χ0) is 17.8. The molecular weight excluding hydrogens is 340 g/mol. The first kappa shape index (κ1) is 17.5. The van der Waals surface area contributed by atoms with E-state index in [4.69, 9.17) is 16.0 Å². The molecule has 0 saturated carbocycles. The van der Waals surface area contributed by atoms with Gasteiger partial charge in [-0.25, -0.2) is 0 Å². The van der Waals surface area contributed by atoms with E-state index in [1.165, 1.54) is 6.26 Å². The molecule has 25 heavy (non-hydrogen) atoms. The summed E-state index contributed by atoms with van der Waals surface area (Å²) < 4.78 is 5.20. The molecule has 2 aromatic rings. The van der Waals surface area contributed by atoms with Crippen LogP contribution in [0.4, 0.5) is 0 Å². The van der Waals surface area contributed by atoms with E-state index in [-0.39, 0.29) is 17.6 Å². The van der Waals surface area contributed by atoms with Gasteiger partial charge in [-0.2, -0.15) is 0 Å². The summed E-state index contributed by atoms with van der Waals surface area (Å²) in [5.41, 5.74) is 2.04. The minimum atomic E-state index is -0.467. The molecule has 0 spiro atoms. The van der Waals surface area contributed by atoms with Crippen LogP contribution in [0.25, 0.3) is 0 Å². The third kappa shape index (κ3) is 4.04. The van der Waals surface area contributed by atoms with Crippen molar-refractivity contribution in [1.29, 1.82) is 0 Å². The Bertz CT molecular complexity index is 758. The third-order valence-electron chi connectivity index (χ3n) is 4.56. The number of hydrogen-bond acceptors (Lipinski definition) is 3. The Kier molecular flexibility index (Phi) is 5.43. The van der Waals surface area contributed by atoms with Crippen LogP contribution in [-0.2, 0) is 11.3 Å². The highest BCUT2D eigenvalue weighted by molar-refractivity contribution is 6.30. The van der Waals surface area contributed by atoms with Crippen LogP contribution in [0.15, 0.2) is 41.0 Å². The lowest BCUT2D eigenvalue weighted by Gasteiger charge is -2.34.